The van der Waals surface area contributed by atoms with Crippen molar-refractivity contribution in [3.05, 3.63) is 58.4 Å². The number of nitrogens with zero attached hydrogens (tertiary/aromatic N) is 1. The smallest absolute Gasteiger partial charge is 0.358 e. The van der Waals surface area contributed by atoms with Crippen molar-refractivity contribution in [2.45, 2.75) is 6.54 Å². The maximum absolute atomic E-state index is 12.0. The summed E-state index contributed by atoms with van der Waals surface area (Å²) in [7, 11) is 1.58. The summed E-state index contributed by atoms with van der Waals surface area (Å²) in [5.74, 6) is -0.274. The predicted molar refractivity (Wildman–Crippen MR) is 101 cm³/mol. The molecule has 0 saturated carbocycles. The van der Waals surface area contributed by atoms with Crippen LogP contribution in [0.2, 0.25) is 0 Å². The van der Waals surface area contributed by atoms with Crippen LogP contribution in [0.4, 0.5) is 0 Å². The zero-order valence-corrected chi connectivity index (χ0v) is 15.6. The van der Waals surface area contributed by atoms with E-state index in [9.17, 15) is 9.59 Å². The van der Waals surface area contributed by atoms with Gasteiger partial charge in [0, 0.05) is 11.9 Å². The van der Waals surface area contributed by atoms with Crippen LogP contribution in [0, 0.1) is 0 Å². The molecule has 3 aromatic rings. The van der Waals surface area contributed by atoms with Gasteiger partial charge in [-0.25, -0.2) is 9.78 Å². The molecular weight excluding hydrogens is 372 g/mol. The van der Waals surface area contributed by atoms with E-state index in [1.807, 2.05) is 41.8 Å². The minimum atomic E-state index is -0.611. The number of esters is 1. The van der Waals surface area contributed by atoms with Gasteiger partial charge in [0.2, 0.25) is 0 Å². The molecule has 0 aliphatic heterocycles. The van der Waals surface area contributed by atoms with Crippen LogP contribution in [0.1, 0.15) is 16.1 Å². The monoisotopic (exact) mass is 388 g/mol. The molecule has 0 fully saturated rings. The van der Waals surface area contributed by atoms with Crippen molar-refractivity contribution in [3.63, 3.8) is 0 Å². The lowest BCUT2D eigenvalue weighted by molar-refractivity contribution is -0.124. The quantitative estimate of drug-likeness (QED) is 0.628. The maximum Gasteiger partial charge on any atom is 0.358 e. The lowest BCUT2D eigenvalue weighted by atomic mass is 10.2. The highest BCUT2D eigenvalue weighted by atomic mass is 32.1. The Morgan fingerprint density at radius 2 is 2.08 bits per heavy atom. The Hall–Kier alpha value is -2.71. The van der Waals surface area contributed by atoms with Crippen molar-refractivity contribution < 1.29 is 19.1 Å². The van der Waals surface area contributed by atoms with E-state index < -0.39 is 5.97 Å². The van der Waals surface area contributed by atoms with Gasteiger partial charge in [0.1, 0.15) is 10.8 Å². The summed E-state index contributed by atoms with van der Waals surface area (Å²) in [6, 6.07) is 11.2. The average Bonchev–Trinajstić information content (AvgIpc) is 3.36. The van der Waals surface area contributed by atoms with E-state index >= 15 is 0 Å². The summed E-state index contributed by atoms with van der Waals surface area (Å²) in [4.78, 5) is 29.1. The fourth-order valence-electron chi connectivity index (χ4n) is 2.12. The van der Waals surface area contributed by atoms with E-state index in [0.29, 0.717) is 12.3 Å². The van der Waals surface area contributed by atoms with Gasteiger partial charge in [-0.05, 0) is 29.1 Å². The third-order valence-corrected chi connectivity index (χ3v) is 5.28. The minimum absolute atomic E-state index is 0.207. The van der Waals surface area contributed by atoms with Gasteiger partial charge in [-0.15, -0.1) is 22.7 Å². The second kappa shape index (κ2) is 8.59. The molecule has 0 aliphatic rings. The van der Waals surface area contributed by atoms with Gasteiger partial charge in [-0.1, -0.05) is 18.2 Å². The van der Waals surface area contributed by atoms with Gasteiger partial charge >= 0.3 is 5.97 Å². The molecule has 6 nitrogen and oxygen atoms in total. The molecular formula is C18H16N2O4S2. The number of hydrogen-bond acceptors (Lipinski definition) is 7. The van der Waals surface area contributed by atoms with E-state index in [0.717, 1.165) is 15.4 Å². The van der Waals surface area contributed by atoms with Crippen molar-refractivity contribution in [2.24, 2.45) is 0 Å². The van der Waals surface area contributed by atoms with Crippen LogP contribution in [0.3, 0.4) is 0 Å². The number of carbonyl (C=O) groups is 2. The van der Waals surface area contributed by atoms with Crippen molar-refractivity contribution in [1.82, 2.24) is 10.3 Å². The number of benzene rings is 1. The van der Waals surface area contributed by atoms with Crippen molar-refractivity contribution in [1.29, 1.82) is 0 Å². The van der Waals surface area contributed by atoms with Crippen molar-refractivity contribution in [3.8, 4) is 15.6 Å². The van der Waals surface area contributed by atoms with E-state index in [-0.39, 0.29) is 18.2 Å². The van der Waals surface area contributed by atoms with Crippen LogP contribution in [-0.2, 0) is 16.1 Å². The van der Waals surface area contributed by atoms with Crippen molar-refractivity contribution >= 4 is 34.6 Å². The molecule has 0 saturated heterocycles. The highest BCUT2D eigenvalue weighted by molar-refractivity contribution is 7.20. The molecule has 0 unspecified atom stereocenters. The zero-order chi connectivity index (χ0) is 18.4. The fourth-order valence-corrected chi connectivity index (χ4v) is 3.72. The summed E-state index contributed by atoms with van der Waals surface area (Å²) in [5, 5.41) is 7.03. The Labute approximate surface area is 158 Å². The molecule has 134 valence electrons. The molecule has 8 heteroatoms. The van der Waals surface area contributed by atoms with E-state index in [1.54, 1.807) is 23.8 Å². The second-order valence-electron chi connectivity index (χ2n) is 5.22. The largest absolute Gasteiger partial charge is 0.497 e. The van der Waals surface area contributed by atoms with Gasteiger partial charge in [0.25, 0.3) is 5.91 Å². The lowest BCUT2D eigenvalue weighted by Crippen LogP contribution is -2.28. The van der Waals surface area contributed by atoms with Crippen LogP contribution >= 0.6 is 22.7 Å². The number of aromatic nitrogens is 1. The van der Waals surface area contributed by atoms with Gasteiger partial charge in [0.15, 0.2) is 12.3 Å². The van der Waals surface area contributed by atoms with Crippen LogP contribution in [-0.4, -0.2) is 30.6 Å². The molecule has 0 bridgehead atoms. The van der Waals surface area contributed by atoms with Crippen LogP contribution in [0.5, 0.6) is 5.75 Å². The van der Waals surface area contributed by atoms with Gasteiger partial charge in [-0.3, -0.25) is 4.79 Å². The number of nitrogens with one attached hydrogen (secondary N) is 1. The Bertz CT molecular complexity index is 890. The predicted octanol–water partition coefficient (Wildman–Crippen LogP) is 3.35. The van der Waals surface area contributed by atoms with Crippen molar-refractivity contribution in [2.75, 3.05) is 13.7 Å². The Morgan fingerprint density at radius 3 is 2.85 bits per heavy atom. The third kappa shape index (κ3) is 4.68. The molecule has 0 atom stereocenters. The summed E-state index contributed by atoms with van der Waals surface area (Å²) in [5.41, 5.74) is 1.10. The molecule has 1 amide bonds. The normalized spacial score (nSPS) is 10.3. The number of methoxy groups -OCH3 is 1. The Balaban J connectivity index is 1.47. The summed E-state index contributed by atoms with van der Waals surface area (Å²) in [6.07, 6.45) is 0. The standard InChI is InChI=1S/C18H16N2O4S2/c1-23-13-5-2-4-12(8-13)9-19-16(21)10-24-18(22)14-11-26-17(20-14)15-6-3-7-25-15/h2-8,11H,9-10H2,1H3,(H,19,21). The molecule has 1 N–H and O–H groups in total. The summed E-state index contributed by atoms with van der Waals surface area (Å²) >= 11 is 2.92. The molecule has 3 rings (SSSR count). The SMILES string of the molecule is COc1cccc(CNC(=O)COC(=O)c2csc(-c3cccs3)n2)c1. The van der Waals surface area contributed by atoms with Crippen LogP contribution in [0.15, 0.2) is 47.2 Å². The first-order chi connectivity index (χ1) is 12.7. The number of hydrogen-bond donors (Lipinski definition) is 1. The molecule has 0 spiro atoms. The first kappa shape index (κ1) is 18.1. The molecule has 0 radical (unpaired) electrons. The first-order valence-corrected chi connectivity index (χ1v) is 9.48. The Morgan fingerprint density at radius 1 is 1.19 bits per heavy atom. The number of thiazole rings is 1. The van der Waals surface area contributed by atoms with Gasteiger partial charge in [0.05, 0.1) is 12.0 Å². The topological polar surface area (TPSA) is 77.5 Å². The van der Waals surface area contributed by atoms with E-state index in [1.165, 1.54) is 11.3 Å². The first-order valence-electron chi connectivity index (χ1n) is 7.72. The lowest BCUT2D eigenvalue weighted by Gasteiger charge is -2.07. The van der Waals surface area contributed by atoms with Gasteiger partial charge < -0.3 is 14.8 Å². The van der Waals surface area contributed by atoms with Crippen LogP contribution in [0.25, 0.3) is 9.88 Å². The molecule has 26 heavy (non-hydrogen) atoms. The van der Waals surface area contributed by atoms with Crippen LogP contribution < -0.4 is 10.1 Å². The molecule has 2 heterocycles. The fraction of sp³-hybridized carbons (Fsp3) is 0.167. The highest BCUT2D eigenvalue weighted by Gasteiger charge is 2.15. The third-order valence-electron chi connectivity index (χ3n) is 3.40. The minimum Gasteiger partial charge on any atom is -0.497 e. The van der Waals surface area contributed by atoms with E-state index in [4.69, 9.17) is 9.47 Å². The van der Waals surface area contributed by atoms with E-state index in [2.05, 4.69) is 10.3 Å². The molecule has 2 aromatic heterocycles. The van der Waals surface area contributed by atoms with Gasteiger partial charge in [-0.2, -0.15) is 0 Å². The number of rotatable bonds is 7. The average molecular weight is 388 g/mol. The molecule has 1 aromatic carbocycles. The summed E-state index contributed by atoms with van der Waals surface area (Å²) in [6.45, 7) is -0.0263. The summed E-state index contributed by atoms with van der Waals surface area (Å²) < 4.78 is 10.2. The molecule has 0 aliphatic carbocycles. The number of ether oxygens (including phenoxy) is 2. The Kier molecular flexibility index (Phi) is 5.98. The maximum atomic E-state index is 12.0. The zero-order valence-electron chi connectivity index (χ0n) is 13.9. The number of thiophene rings is 1. The second-order valence-corrected chi connectivity index (χ2v) is 7.03. The number of amides is 1. The number of carbonyl (C=O) groups excluding carboxylic acids is 2. The highest BCUT2D eigenvalue weighted by Crippen LogP contribution is 2.27.